The molecule has 2 aliphatic carbocycles. The number of hydrogen-bond donors (Lipinski definition) is 1. The van der Waals surface area contributed by atoms with Gasteiger partial charge in [0.05, 0.1) is 17.6 Å². The maximum atomic E-state index is 13.7. The monoisotopic (exact) mass is 559 g/mol. The maximum absolute atomic E-state index is 13.7. The summed E-state index contributed by atoms with van der Waals surface area (Å²) in [6.45, 7) is 4.13. The fraction of sp³-hybridized carbons (Fsp3) is 0.462. The lowest BCUT2D eigenvalue weighted by molar-refractivity contribution is -0.118. The summed E-state index contributed by atoms with van der Waals surface area (Å²) in [6, 6.07) is 7.45. The van der Waals surface area contributed by atoms with Crippen LogP contribution >= 0.6 is 46.3 Å². The van der Waals surface area contributed by atoms with Gasteiger partial charge in [-0.3, -0.25) is 9.69 Å². The van der Waals surface area contributed by atoms with Crippen LogP contribution in [0.15, 0.2) is 45.2 Å². The van der Waals surface area contributed by atoms with Gasteiger partial charge in [0.15, 0.2) is 10.1 Å². The number of hydrogen-bond acceptors (Lipinski definition) is 8. The molecule has 1 fully saturated rings. The van der Waals surface area contributed by atoms with Crippen molar-refractivity contribution in [2.75, 3.05) is 4.90 Å². The molecule has 1 saturated carbocycles. The van der Waals surface area contributed by atoms with E-state index in [9.17, 15) is 10.1 Å². The number of nitrogens with two attached hydrogens (primary N) is 1. The van der Waals surface area contributed by atoms with Crippen LogP contribution in [0.25, 0.3) is 0 Å². The van der Waals surface area contributed by atoms with Gasteiger partial charge < -0.3 is 5.73 Å². The average molecular weight is 561 g/mol. The standard InChI is InChI=1S/C26H27Cl2N5OS2/c1-26(2)11-18-22(19(34)12-26)20(21-16(27)9-6-10-17(21)28)15(13-29)23(30)33(18)24-31-32-25(36-24)35-14-7-4-3-5-8-14/h6,9-10,14,20H,3-5,7-8,11-12,30H2,1-2H3. The van der Waals surface area contributed by atoms with E-state index in [0.717, 1.165) is 10.0 Å². The summed E-state index contributed by atoms with van der Waals surface area (Å²) in [5.41, 5.74) is 8.48. The van der Waals surface area contributed by atoms with Crippen LogP contribution in [-0.4, -0.2) is 21.2 Å². The fourth-order valence-corrected chi connectivity index (χ4v) is 8.47. The van der Waals surface area contributed by atoms with E-state index in [2.05, 4.69) is 30.1 Å². The summed E-state index contributed by atoms with van der Waals surface area (Å²) < 4.78 is 0.878. The highest BCUT2D eigenvalue weighted by Gasteiger charge is 2.46. The first kappa shape index (κ1) is 25.6. The minimum Gasteiger partial charge on any atom is -0.384 e. The number of nitriles is 1. The highest BCUT2D eigenvalue weighted by molar-refractivity contribution is 8.01. The number of Topliss-reactive ketones (excluding diaryl/α,β-unsaturated/α-hetero) is 1. The second-order valence-corrected chi connectivity index (χ2v) is 13.7. The van der Waals surface area contributed by atoms with E-state index in [1.807, 2.05) is 0 Å². The third-order valence-corrected chi connectivity index (χ3v) is 10.1. The topological polar surface area (TPSA) is 95.9 Å². The largest absolute Gasteiger partial charge is 0.384 e. The van der Waals surface area contributed by atoms with Crippen LogP contribution in [0.2, 0.25) is 10.0 Å². The summed E-state index contributed by atoms with van der Waals surface area (Å²) in [5, 5.41) is 21.1. The molecule has 1 aromatic carbocycles. The molecule has 1 aliphatic heterocycles. The molecular weight excluding hydrogens is 533 g/mol. The van der Waals surface area contributed by atoms with Crippen molar-refractivity contribution in [1.82, 2.24) is 10.2 Å². The molecule has 1 aromatic heterocycles. The lowest BCUT2D eigenvalue weighted by Gasteiger charge is -2.42. The van der Waals surface area contributed by atoms with Crippen LogP contribution in [0, 0.1) is 16.7 Å². The summed E-state index contributed by atoms with van der Waals surface area (Å²) in [6.07, 6.45) is 7.10. The smallest absolute Gasteiger partial charge is 0.219 e. The van der Waals surface area contributed by atoms with Crippen molar-refractivity contribution in [1.29, 1.82) is 5.26 Å². The zero-order valence-corrected chi connectivity index (χ0v) is 23.3. The quantitative estimate of drug-likeness (QED) is 0.422. The molecule has 1 atom stereocenters. The summed E-state index contributed by atoms with van der Waals surface area (Å²) >= 11 is 16.4. The molecule has 36 heavy (non-hydrogen) atoms. The third kappa shape index (κ3) is 4.67. The van der Waals surface area contributed by atoms with Gasteiger partial charge in [0.1, 0.15) is 5.82 Å². The highest BCUT2D eigenvalue weighted by atomic mass is 35.5. The predicted octanol–water partition coefficient (Wildman–Crippen LogP) is 7.21. The Hall–Kier alpha value is -2.05. The Morgan fingerprint density at radius 2 is 1.86 bits per heavy atom. The Bertz CT molecular complexity index is 1300. The van der Waals surface area contributed by atoms with Crippen LogP contribution < -0.4 is 10.6 Å². The molecule has 0 saturated heterocycles. The van der Waals surface area contributed by atoms with Crippen molar-refractivity contribution < 1.29 is 4.79 Å². The van der Waals surface area contributed by atoms with Crippen molar-refractivity contribution in [2.24, 2.45) is 11.1 Å². The Labute approximate surface area is 229 Å². The van der Waals surface area contributed by atoms with E-state index >= 15 is 0 Å². The molecule has 0 radical (unpaired) electrons. The van der Waals surface area contributed by atoms with Gasteiger partial charge in [0, 0.05) is 38.5 Å². The van der Waals surface area contributed by atoms with Gasteiger partial charge in [-0.2, -0.15) is 5.26 Å². The summed E-state index contributed by atoms with van der Waals surface area (Å²) in [5.74, 6) is -0.517. The van der Waals surface area contributed by atoms with Gasteiger partial charge in [-0.15, -0.1) is 10.2 Å². The van der Waals surface area contributed by atoms with Crippen molar-refractivity contribution in [2.45, 2.75) is 74.3 Å². The number of thioether (sulfide) groups is 1. The van der Waals surface area contributed by atoms with Gasteiger partial charge in [0.2, 0.25) is 5.13 Å². The molecule has 5 rings (SSSR count). The predicted molar refractivity (Wildman–Crippen MR) is 146 cm³/mol. The van der Waals surface area contributed by atoms with Crippen LogP contribution in [0.1, 0.15) is 70.3 Å². The van der Waals surface area contributed by atoms with Crippen LogP contribution in [0.5, 0.6) is 0 Å². The van der Waals surface area contributed by atoms with Crippen LogP contribution in [0.3, 0.4) is 0 Å². The number of carbonyl (C=O) groups excluding carboxylic acids is 1. The first-order chi connectivity index (χ1) is 17.2. The van der Waals surface area contributed by atoms with E-state index in [-0.39, 0.29) is 22.6 Å². The fourth-order valence-electron chi connectivity index (χ4n) is 5.47. The van der Waals surface area contributed by atoms with E-state index in [1.165, 1.54) is 43.4 Å². The van der Waals surface area contributed by atoms with Crippen molar-refractivity contribution in [3.8, 4) is 6.07 Å². The molecule has 0 bridgehead atoms. The Morgan fingerprint density at radius 3 is 2.53 bits per heavy atom. The number of anilines is 1. The summed E-state index contributed by atoms with van der Waals surface area (Å²) in [4.78, 5) is 15.5. The van der Waals surface area contributed by atoms with Gasteiger partial charge in [-0.25, -0.2) is 0 Å². The number of nitrogens with zero attached hydrogens (tertiary/aromatic N) is 4. The molecule has 6 nitrogen and oxygen atoms in total. The summed E-state index contributed by atoms with van der Waals surface area (Å²) in [7, 11) is 0. The van der Waals surface area contributed by atoms with E-state index in [1.54, 1.807) is 34.9 Å². The zero-order chi connectivity index (χ0) is 25.6. The molecule has 2 aromatic rings. The van der Waals surface area contributed by atoms with Gasteiger partial charge in [-0.05, 0) is 36.8 Å². The molecule has 188 valence electrons. The van der Waals surface area contributed by atoms with Gasteiger partial charge in [0.25, 0.3) is 0 Å². The number of halogens is 2. The van der Waals surface area contributed by atoms with E-state index < -0.39 is 5.92 Å². The Morgan fingerprint density at radius 1 is 1.17 bits per heavy atom. The Balaban J connectivity index is 1.64. The van der Waals surface area contributed by atoms with Crippen LogP contribution in [-0.2, 0) is 4.79 Å². The lowest BCUT2D eigenvalue weighted by Crippen LogP contribution is -2.42. The first-order valence-corrected chi connectivity index (χ1v) is 14.6. The minimum absolute atomic E-state index is 0.0335. The lowest BCUT2D eigenvalue weighted by atomic mass is 9.68. The highest BCUT2D eigenvalue weighted by Crippen LogP contribution is 2.53. The van der Waals surface area contributed by atoms with Gasteiger partial charge in [-0.1, -0.05) is 85.5 Å². The molecule has 3 aliphatic rings. The number of allylic oxidation sites excluding steroid dienone is 3. The van der Waals surface area contributed by atoms with Gasteiger partial charge >= 0.3 is 0 Å². The molecule has 2 N–H and O–H groups in total. The maximum Gasteiger partial charge on any atom is 0.219 e. The number of rotatable bonds is 4. The normalized spacial score (nSPS) is 22.6. The van der Waals surface area contributed by atoms with E-state index in [0.29, 0.717) is 44.4 Å². The number of ketones is 1. The molecular formula is C26H27Cl2N5OS2. The second-order valence-electron chi connectivity index (χ2n) is 10.3. The van der Waals surface area contributed by atoms with Crippen LogP contribution in [0.4, 0.5) is 5.13 Å². The first-order valence-electron chi connectivity index (χ1n) is 12.1. The molecule has 10 heteroatoms. The zero-order valence-electron chi connectivity index (χ0n) is 20.2. The molecule has 1 unspecified atom stereocenters. The number of aromatic nitrogens is 2. The van der Waals surface area contributed by atoms with E-state index in [4.69, 9.17) is 28.9 Å². The van der Waals surface area contributed by atoms with Crippen molar-refractivity contribution in [3.63, 3.8) is 0 Å². The average Bonchev–Trinajstić information content (AvgIpc) is 3.26. The SMILES string of the molecule is CC1(C)CC(=O)C2=C(C1)N(c1nnc(SC3CCCCC3)s1)C(N)=C(C#N)C2c1c(Cl)cccc1Cl. The van der Waals surface area contributed by atoms with Crippen molar-refractivity contribution >= 4 is 57.2 Å². The number of benzene rings is 1. The number of carbonyl (C=O) groups is 1. The third-order valence-electron chi connectivity index (χ3n) is 7.08. The molecule has 0 amide bonds. The minimum atomic E-state index is -0.727. The second kappa shape index (κ2) is 10.0. The Kier molecular flexibility index (Phi) is 7.12. The van der Waals surface area contributed by atoms with Crippen molar-refractivity contribution in [3.05, 3.63) is 56.5 Å². The molecule has 0 spiro atoms. The molecule has 2 heterocycles.